The van der Waals surface area contributed by atoms with Gasteiger partial charge in [-0.1, -0.05) is 13.0 Å². The zero-order chi connectivity index (χ0) is 9.47. The highest BCUT2D eigenvalue weighted by molar-refractivity contribution is 9.10. The Hall–Kier alpha value is -0.450. The average molecular weight is 244 g/mol. The van der Waals surface area contributed by atoms with Crippen LogP contribution in [0.2, 0.25) is 0 Å². The lowest BCUT2D eigenvalue weighted by Crippen LogP contribution is -2.24. The van der Waals surface area contributed by atoms with Crippen LogP contribution in [0.3, 0.4) is 0 Å². The van der Waals surface area contributed by atoms with E-state index < -0.39 is 5.79 Å². The van der Waals surface area contributed by atoms with E-state index in [1.54, 1.807) is 0 Å². The van der Waals surface area contributed by atoms with Crippen LogP contribution < -0.4 is 0 Å². The molecular weight excluding hydrogens is 234 g/mol. The van der Waals surface area contributed by atoms with Gasteiger partial charge in [0.15, 0.2) is 0 Å². The Morgan fingerprint density at radius 1 is 1.69 bits per heavy atom. The van der Waals surface area contributed by atoms with Gasteiger partial charge in [0.05, 0.1) is 6.61 Å². The number of hydrogen-bond donors (Lipinski definition) is 1. The highest BCUT2D eigenvalue weighted by Crippen LogP contribution is 2.35. The van der Waals surface area contributed by atoms with E-state index in [0.717, 1.165) is 10.2 Å². The smallest absolute Gasteiger partial charge is 0.210 e. The van der Waals surface area contributed by atoms with Gasteiger partial charge in [0.25, 0.3) is 0 Å². The molecule has 1 aliphatic heterocycles. The number of ether oxygens (including phenoxy) is 1. The molecule has 0 aliphatic carbocycles. The molecule has 3 nitrogen and oxygen atoms in total. The summed E-state index contributed by atoms with van der Waals surface area (Å²) in [4.78, 5) is 4.22. The summed E-state index contributed by atoms with van der Waals surface area (Å²) in [6, 6.07) is 3.77. The van der Waals surface area contributed by atoms with Crippen LogP contribution in [0.15, 0.2) is 16.7 Å². The summed E-state index contributed by atoms with van der Waals surface area (Å²) in [6.07, 6.45) is 0.517. The van der Waals surface area contributed by atoms with Gasteiger partial charge in [0.1, 0.15) is 10.3 Å². The number of pyridine rings is 1. The van der Waals surface area contributed by atoms with Crippen molar-refractivity contribution in [1.29, 1.82) is 0 Å². The molecule has 70 valence electrons. The fourth-order valence-electron chi connectivity index (χ4n) is 1.45. The maximum absolute atomic E-state index is 9.97. The van der Waals surface area contributed by atoms with Gasteiger partial charge < -0.3 is 9.84 Å². The van der Waals surface area contributed by atoms with Crippen molar-refractivity contribution in [2.75, 3.05) is 0 Å². The minimum absolute atomic E-state index is 0.444. The maximum Gasteiger partial charge on any atom is 0.210 e. The van der Waals surface area contributed by atoms with Crippen molar-refractivity contribution in [2.24, 2.45) is 0 Å². The Kier molecular flexibility index (Phi) is 2.14. The van der Waals surface area contributed by atoms with E-state index in [1.165, 1.54) is 0 Å². The van der Waals surface area contributed by atoms with E-state index in [9.17, 15) is 5.11 Å². The minimum Gasteiger partial charge on any atom is -0.361 e. The fourth-order valence-corrected chi connectivity index (χ4v) is 1.76. The third kappa shape index (κ3) is 1.39. The average Bonchev–Trinajstić information content (AvgIpc) is 2.45. The molecule has 0 amide bonds. The molecule has 1 aliphatic rings. The van der Waals surface area contributed by atoms with Crippen molar-refractivity contribution in [3.05, 3.63) is 28.0 Å². The number of hydrogen-bond acceptors (Lipinski definition) is 3. The first-order chi connectivity index (χ1) is 6.15. The summed E-state index contributed by atoms with van der Waals surface area (Å²) in [6.45, 7) is 2.32. The van der Waals surface area contributed by atoms with Gasteiger partial charge in [-0.2, -0.15) is 0 Å². The monoisotopic (exact) mass is 243 g/mol. The number of rotatable bonds is 1. The highest BCUT2D eigenvalue weighted by Gasteiger charge is 2.38. The van der Waals surface area contributed by atoms with E-state index in [-0.39, 0.29) is 0 Å². The molecule has 4 heteroatoms. The van der Waals surface area contributed by atoms with Gasteiger partial charge in [0.2, 0.25) is 5.79 Å². The highest BCUT2D eigenvalue weighted by atomic mass is 79.9. The normalized spacial score (nSPS) is 26.1. The van der Waals surface area contributed by atoms with Crippen LogP contribution in [0.4, 0.5) is 0 Å². The molecule has 0 radical (unpaired) electrons. The van der Waals surface area contributed by atoms with E-state index in [2.05, 4.69) is 20.9 Å². The minimum atomic E-state index is -1.18. The van der Waals surface area contributed by atoms with Crippen molar-refractivity contribution < 1.29 is 9.84 Å². The van der Waals surface area contributed by atoms with Gasteiger partial charge >= 0.3 is 0 Å². The zero-order valence-corrected chi connectivity index (χ0v) is 8.84. The van der Waals surface area contributed by atoms with Crippen LogP contribution in [-0.4, -0.2) is 10.1 Å². The van der Waals surface area contributed by atoms with E-state index in [1.807, 2.05) is 19.1 Å². The van der Waals surface area contributed by atoms with Gasteiger partial charge in [0, 0.05) is 12.0 Å². The van der Waals surface area contributed by atoms with E-state index in [4.69, 9.17) is 4.74 Å². The van der Waals surface area contributed by atoms with Crippen LogP contribution in [0.1, 0.15) is 24.6 Å². The molecule has 1 unspecified atom stereocenters. The molecule has 0 spiro atoms. The molecule has 1 N–H and O–H groups in total. The summed E-state index contributed by atoms with van der Waals surface area (Å²) >= 11 is 3.27. The second kappa shape index (κ2) is 3.04. The molecule has 0 fully saturated rings. The van der Waals surface area contributed by atoms with Gasteiger partial charge in [-0.25, -0.2) is 4.98 Å². The molecule has 1 aromatic heterocycles. The number of nitrogens with zero attached hydrogens (tertiary/aromatic N) is 1. The van der Waals surface area contributed by atoms with E-state index in [0.29, 0.717) is 18.7 Å². The third-order valence-corrected chi connectivity index (χ3v) is 2.70. The Bertz CT molecular complexity index is 342. The fraction of sp³-hybridized carbons (Fsp3) is 0.444. The van der Waals surface area contributed by atoms with Gasteiger partial charge in [-0.15, -0.1) is 0 Å². The Morgan fingerprint density at radius 3 is 3.15 bits per heavy atom. The topological polar surface area (TPSA) is 42.4 Å². The van der Waals surface area contributed by atoms with Crippen LogP contribution in [0.5, 0.6) is 0 Å². The summed E-state index contributed by atoms with van der Waals surface area (Å²) in [5.41, 5.74) is 1.61. The molecule has 0 bridgehead atoms. The first-order valence-corrected chi connectivity index (χ1v) is 4.97. The number of aliphatic hydroxyl groups is 1. The molecule has 0 aromatic carbocycles. The molecular formula is C9H10BrNO2. The van der Waals surface area contributed by atoms with Crippen molar-refractivity contribution >= 4 is 15.9 Å². The Morgan fingerprint density at radius 2 is 2.46 bits per heavy atom. The van der Waals surface area contributed by atoms with E-state index >= 15 is 0 Å². The van der Waals surface area contributed by atoms with Crippen molar-refractivity contribution in [3.8, 4) is 0 Å². The van der Waals surface area contributed by atoms with Crippen LogP contribution >= 0.6 is 15.9 Å². The van der Waals surface area contributed by atoms with Crippen LogP contribution in [-0.2, 0) is 17.1 Å². The Balaban J connectivity index is 2.52. The summed E-state index contributed by atoms with van der Waals surface area (Å²) in [5, 5.41) is 9.97. The lowest BCUT2D eigenvalue weighted by Gasteiger charge is -2.19. The maximum atomic E-state index is 9.97. The lowest BCUT2D eigenvalue weighted by molar-refractivity contribution is -0.207. The molecule has 2 rings (SSSR count). The molecule has 1 atom stereocenters. The summed E-state index contributed by atoms with van der Waals surface area (Å²) in [7, 11) is 0. The molecule has 0 saturated heterocycles. The zero-order valence-electron chi connectivity index (χ0n) is 7.25. The lowest BCUT2D eigenvalue weighted by atomic mass is 10.1. The molecule has 1 aromatic rings. The number of halogens is 1. The predicted octanol–water partition coefficient (Wildman–Crippen LogP) is 1.93. The SMILES string of the molecule is CCC1(O)OCc2ccc(Br)nc21. The van der Waals surface area contributed by atoms with Gasteiger partial charge in [-0.3, -0.25) is 0 Å². The quantitative estimate of drug-likeness (QED) is 0.767. The third-order valence-electron chi connectivity index (χ3n) is 2.26. The summed E-state index contributed by atoms with van der Waals surface area (Å²) in [5.74, 6) is -1.18. The largest absolute Gasteiger partial charge is 0.361 e. The van der Waals surface area contributed by atoms with Gasteiger partial charge in [-0.05, 0) is 22.0 Å². The molecule has 13 heavy (non-hydrogen) atoms. The first-order valence-electron chi connectivity index (χ1n) is 4.18. The first kappa shape index (κ1) is 9.12. The van der Waals surface area contributed by atoms with Crippen molar-refractivity contribution in [3.63, 3.8) is 0 Å². The van der Waals surface area contributed by atoms with Crippen molar-refractivity contribution in [2.45, 2.75) is 25.7 Å². The van der Waals surface area contributed by atoms with Crippen molar-refractivity contribution in [1.82, 2.24) is 4.98 Å². The Labute approximate surface area is 84.9 Å². The molecule has 0 saturated carbocycles. The number of fused-ring (bicyclic) bond motifs is 1. The second-order valence-electron chi connectivity index (χ2n) is 3.07. The van der Waals surface area contributed by atoms with Crippen LogP contribution in [0.25, 0.3) is 0 Å². The number of aromatic nitrogens is 1. The second-order valence-corrected chi connectivity index (χ2v) is 3.88. The van der Waals surface area contributed by atoms with Crippen LogP contribution in [0, 0.1) is 0 Å². The standard InChI is InChI=1S/C9H10BrNO2/c1-2-9(12)8-6(5-13-9)3-4-7(10)11-8/h3-4,12H,2,5H2,1H3. The molecule has 2 heterocycles. The summed E-state index contributed by atoms with van der Waals surface area (Å²) < 4.78 is 6.01. The predicted molar refractivity (Wildman–Crippen MR) is 50.9 cm³/mol.